The molecule has 116 valence electrons. The van der Waals surface area contributed by atoms with Crippen LogP contribution in [0.4, 0.5) is 0 Å². The van der Waals surface area contributed by atoms with E-state index < -0.39 is 0 Å². The van der Waals surface area contributed by atoms with E-state index in [1.54, 1.807) is 0 Å². The van der Waals surface area contributed by atoms with Gasteiger partial charge in [-0.05, 0) is 25.3 Å². The smallest absolute Gasteiger partial charge is 0.277 e. The summed E-state index contributed by atoms with van der Waals surface area (Å²) in [6.45, 7) is 3.29. The molecule has 0 spiro atoms. The van der Waals surface area contributed by atoms with E-state index in [4.69, 9.17) is 23.2 Å². The van der Waals surface area contributed by atoms with Crippen LogP contribution in [0.1, 0.15) is 24.0 Å². The van der Waals surface area contributed by atoms with Crippen molar-refractivity contribution < 1.29 is 0 Å². The van der Waals surface area contributed by atoms with Gasteiger partial charge in [0.2, 0.25) is 0 Å². The molecule has 0 aliphatic heterocycles. The Morgan fingerprint density at radius 3 is 2.59 bits per heavy atom. The highest BCUT2D eigenvalue weighted by Gasteiger charge is 2.29. The lowest BCUT2D eigenvalue weighted by atomic mass is 10.1. The Labute approximate surface area is 139 Å². The van der Waals surface area contributed by atoms with E-state index in [1.807, 2.05) is 0 Å². The van der Waals surface area contributed by atoms with Gasteiger partial charge in [0.1, 0.15) is 5.02 Å². The van der Waals surface area contributed by atoms with Crippen LogP contribution in [0.15, 0.2) is 35.3 Å². The van der Waals surface area contributed by atoms with Gasteiger partial charge in [0.15, 0.2) is 0 Å². The standard InChI is InChI=1S/C16H17Cl2N3O/c1-11-2-4-12(5-3-11)9-20(13-6-7-13)10-21-16(22)15(18)14(17)8-19-21/h2-5,8,13H,6-7,9-10H2,1H3. The largest absolute Gasteiger partial charge is 0.288 e. The van der Waals surface area contributed by atoms with Crippen molar-refractivity contribution in [2.24, 2.45) is 0 Å². The van der Waals surface area contributed by atoms with Crippen molar-refractivity contribution in [1.82, 2.24) is 14.7 Å². The highest BCUT2D eigenvalue weighted by atomic mass is 35.5. The van der Waals surface area contributed by atoms with Crippen LogP contribution in [0.3, 0.4) is 0 Å². The van der Waals surface area contributed by atoms with E-state index in [2.05, 4.69) is 41.2 Å². The monoisotopic (exact) mass is 337 g/mol. The molecule has 3 rings (SSSR count). The lowest BCUT2D eigenvalue weighted by Crippen LogP contribution is -2.35. The first kappa shape index (κ1) is 15.5. The number of halogens is 2. The van der Waals surface area contributed by atoms with E-state index in [9.17, 15) is 4.79 Å². The van der Waals surface area contributed by atoms with Crippen molar-refractivity contribution in [2.75, 3.05) is 0 Å². The Morgan fingerprint density at radius 2 is 1.95 bits per heavy atom. The molecule has 4 nitrogen and oxygen atoms in total. The number of hydrogen-bond donors (Lipinski definition) is 0. The van der Waals surface area contributed by atoms with Crippen LogP contribution in [0, 0.1) is 6.92 Å². The van der Waals surface area contributed by atoms with Crippen molar-refractivity contribution in [3.63, 3.8) is 0 Å². The molecule has 1 aromatic heterocycles. The molecule has 0 radical (unpaired) electrons. The molecule has 0 N–H and O–H groups in total. The van der Waals surface area contributed by atoms with E-state index >= 15 is 0 Å². The first-order chi connectivity index (χ1) is 10.5. The number of aryl methyl sites for hydroxylation is 1. The zero-order chi connectivity index (χ0) is 15.7. The van der Waals surface area contributed by atoms with E-state index in [0.717, 1.165) is 19.4 Å². The van der Waals surface area contributed by atoms with Gasteiger partial charge in [-0.2, -0.15) is 5.10 Å². The molecular formula is C16H17Cl2N3O. The highest BCUT2D eigenvalue weighted by Crippen LogP contribution is 2.28. The van der Waals surface area contributed by atoms with Gasteiger partial charge in [0, 0.05) is 12.6 Å². The van der Waals surface area contributed by atoms with Crippen LogP contribution in [-0.4, -0.2) is 20.7 Å². The average Bonchev–Trinajstić information content (AvgIpc) is 3.34. The Bertz CT molecular complexity index is 723. The normalized spacial score (nSPS) is 14.5. The van der Waals surface area contributed by atoms with Gasteiger partial charge in [-0.25, -0.2) is 4.68 Å². The summed E-state index contributed by atoms with van der Waals surface area (Å²) in [5.74, 6) is 0. The molecular weight excluding hydrogens is 321 g/mol. The van der Waals surface area contributed by atoms with Crippen molar-refractivity contribution >= 4 is 23.2 Å². The summed E-state index contributed by atoms with van der Waals surface area (Å²) in [7, 11) is 0. The molecule has 1 heterocycles. The highest BCUT2D eigenvalue weighted by molar-refractivity contribution is 6.41. The number of aromatic nitrogens is 2. The van der Waals surface area contributed by atoms with E-state index in [-0.39, 0.29) is 15.6 Å². The molecule has 1 aliphatic rings. The minimum atomic E-state index is -0.344. The zero-order valence-corrected chi connectivity index (χ0v) is 13.8. The Morgan fingerprint density at radius 1 is 1.27 bits per heavy atom. The topological polar surface area (TPSA) is 38.1 Å². The third-order valence-electron chi connectivity index (χ3n) is 3.83. The maximum absolute atomic E-state index is 12.1. The quantitative estimate of drug-likeness (QED) is 0.838. The van der Waals surface area contributed by atoms with Gasteiger partial charge in [-0.3, -0.25) is 9.69 Å². The SMILES string of the molecule is Cc1ccc(CN(Cn2ncc(Cl)c(Cl)c2=O)C2CC2)cc1. The predicted molar refractivity (Wildman–Crippen MR) is 88.3 cm³/mol. The maximum Gasteiger partial charge on any atom is 0.288 e. The molecule has 0 atom stereocenters. The summed E-state index contributed by atoms with van der Waals surface area (Å²) in [6, 6.07) is 8.95. The fourth-order valence-electron chi connectivity index (χ4n) is 2.38. The molecule has 1 aromatic carbocycles. The van der Waals surface area contributed by atoms with Crippen LogP contribution in [0.5, 0.6) is 0 Å². The molecule has 1 aliphatic carbocycles. The van der Waals surface area contributed by atoms with Crippen molar-refractivity contribution in [3.8, 4) is 0 Å². The van der Waals surface area contributed by atoms with Crippen LogP contribution in [-0.2, 0) is 13.2 Å². The molecule has 0 amide bonds. The minimum absolute atomic E-state index is 0.0303. The number of benzene rings is 1. The Balaban J connectivity index is 1.79. The average molecular weight is 338 g/mol. The fourth-order valence-corrected chi connectivity index (χ4v) is 2.65. The lowest BCUT2D eigenvalue weighted by molar-refractivity contribution is 0.183. The molecule has 0 unspecified atom stereocenters. The number of rotatable bonds is 5. The van der Waals surface area contributed by atoms with Gasteiger partial charge in [0.25, 0.3) is 5.56 Å². The van der Waals surface area contributed by atoms with Crippen molar-refractivity contribution in [2.45, 2.75) is 39.0 Å². The lowest BCUT2D eigenvalue weighted by Gasteiger charge is -2.22. The zero-order valence-electron chi connectivity index (χ0n) is 12.3. The summed E-state index contributed by atoms with van der Waals surface area (Å²) in [6.07, 6.45) is 3.73. The van der Waals surface area contributed by atoms with Crippen molar-refractivity contribution in [1.29, 1.82) is 0 Å². The summed E-state index contributed by atoms with van der Waals surface area (Å²) in [5.41, 5.74) is 2.12. The summed E-state index contributed by atoms with van der Waals surface area (Å²) >= 11 is 11.7. The fraction of sp³-hybridized carbons (Fsp3) is 0.375. The van der Waals surface area contributed by atoms with E-state index in [1.165, 1.54) is 22.0 Å². The second kappa shape index (κ2) is 6.41. The van der Waals surface area contributed by atoms with Gasteiger partial charge < -0.3 is 0 Å². The van der Waals surface area contributed by atoms with Crippen molar-refractivity contribution in [3.05, 3.63) is 62.0 Å². The third-order valence-corrected chi connectivity index (χ3v) is 4.58. The number of hydrogen-bond acceptors (Lipinski definition) is 3. The molecule has 2 aromatic rings. The van der Waals surface area contributed by atoms with Crippen LogP contribution >= 0.6 is 23.2 Å². The molecule has 1 saturated carbocycles. The van der Waals surface area contributed by atoms with E-state index in [0.29, 0.717) is 12.7 Å². The second-order valence-corrected chi connectivity index (χ2v) is 6.50. The van der Waals surface area contributed by atoms with Gasteiger partial charge >= 0.3 is 0 Å². The molecule has 0 saturated heterocycles. The second-order valence-electron chi connectivity index (χ2n) is 5.72. The summed E-state index contributed by atoms with van der Waals surface area (Å²) < 4.78 is 1.38. The minimum Gasteiger partial charge on any atom is -0.277 e. The van der Waals surface area contributed by atoms with Gasteiger partial charge in [-0.15, -0.1) is 0 Å². The van der Waals surface area contributed by atoms with Crippen LogP contribution in [0.25, 0.3) is 0 Å². The molecule has 1 fully saturated rings. The third kappa shape index (κ3) is 3.51. The maximum atomic E-state index is 12.1. The Kier molecular flexibility index (Phi) is 4.52. The Hall–Kier alpha value is -1.36. The predicted octanol–water partition coefficient (Wildman–Crippen LogP) is 3.48. The first-order valence-corrected chi connectivity index (χ1v) is 8.01. The van der Waals surface area contributed by atoms with Crippen LogP contribution in [0.2, 0.25) is 10.0 Å². The molecule has 6 heteroatoms. The first-order valence-electron chi connectivity index (χ1n) is 7.25. The number of nitrogens with zero attached hydrogens (tertiary/aromatic N) is 3. The molecule has 0 bridgehead atoms. The van der Waals surface area contributed by atoms with Crippen LogP contribution < -0.4 is 5.56 Å². The summed E-state index contributed by atoms with van der Waals surface area (Å²) in [5, 5.41) is 4.31. The van der Waals surface area contributed by atoms with Gasteiger partial charge in [-0.1, -0.05) is 53.0 Å². The van der Waals surface area contributed by atoms with Gasteiger partial charge in [0.05, 0.1) is 17.9 Å². The molecule has 22 heavy (non-hydrogen) atoms. The summed E-state index contributed by atoms with van der Waals surface area (Å²) in [4.78, 5) is 14.4.